The number of hydrogen-bond acceptors (Lipinski definition) is 5. The molecule has 0 unspecified atom stereocenters. The van der Waals surface area contributed by atoms with E-state index in [4.69, 9.17) is 14.2 Å². The van der Waals surface area contributed by atoms with Gasteiger partial charge >= 0.3 is 0 Å². The van der Waals surface area contributed by atoms with Crippen LogP contribution >= 0.6 is 0 Å². The summed E-state index contributed by atoms with van der Waals surface area (Å²) in [6, 6.07) is 38.5. The zero-order valence-corrected chi connectivity index (χ0v) is 26.2. The molecule has 5 aromatic carbocycles. The molecule has 0 aromatic heterocycles. The van der Waals surface area contributed by atoms with Gasteiger partial charge in [0, 0.05) is 17.7 Å². The summed E-state index contributed by atoms with van der Waals surface area (Å²) in [6.07, 6.45) is 5.81. The Morgan fingerprint density at radius 1 is 0.652 bits per heavy atom. The van der Waals surface area contributed by atoms with Crippen LogP contribution in [0.3, 0.4) is 0 Å². The van der Waals surface area contributed by atoms with E-state index in [1.165, 1.54) is 12.1 Å². The second-order valence-corrected chi connectivity index (χ2v) is 11.2. The summed E-state index contributed by atoms with van der Waals surface area (Å²) in [5.74, 6) is 1.31. The predicted octanol–water partition coefficient (Wildman–Crippen LogP) is 9.53. The van der Waals surface area contributed by atoms with Gasteiger partial charge in [-0.3, -0.25) is 4.79 Å². The van der Waals surface area contributed by atoms with Crippen molar-refractivity contribution in [3.05, 3.63) is 172 Å². The molecule has 5 aromatic rings. The predicted molar refractivity (Wildman–Crippen MR) is 183 cm³/mol. The largest absolute Gasteiger partial charge is 0.507 e. The topological polar surface area (TPSA) is 65.0 Å². The highest BCUT2D eigenvalue weighted by atomic mass is 16.5. The van der Waals surface area contributed by atoms with Gasteiger partial charge in [-0.05, 0) is 72.9 Å². The molecule has 0 radical (unpaired) electrons. The first-order valence-electron chi connectivity index (χ1n) is 15.3. The van der Waals surface area contributed by atoms with E-state index in [9.17, 15) is 9.90 Å². The second-order valence-electron chi connectivity index (χ2n) is 11.2. The molecule has 0 aliphatic rings. The molecule has 0 saturated carbocycles. The minimum atomic E-state index is -0.330. The molecule has 0 spiro atoms. The summed E-state index contributed by atoms with van der Waals surface area (Å²) in [5, 5.41) is 10.9. The molecule has 0 aliphatic heterocycles. The van der Waals surface area contributed by atoms with E-state index in [2.05, 4.69) is 6.08 Å². The molecule has 0 amide bonds. The van der Waals surface area contributed by atoms with Crippen molar-refractivity contribution in [3.8, 4) is 23.0 Å². The van der Waals surface area contributed by atoms with E-state index in [1.54, 1.807) is 12.1 Å². The van der Waals surface area contributed by atoms with Crippen LogP contribution in [0.15, 0.2) is 139 Å². The van der Waals surface area contributed by atoms with Gasteiger partial charge in [0.2, 0.25) is 0 Å². The van der Waals surface area contributed by atoms with E-state index in [1.807, 2.05) is 123 Å². The highest BCUT2D eigenvalue weighted by molar-refractivity contribution is 6.09. The summed E-state index contributed by atoms with van der Waals surface area (Å²) in [5.41, 5.74) is 5.97. The fourth-order valence-electron chi connectivity index (χ4n) is 4.75. The van der Waals surface area contributed by atoms with Crippen LogP contribution in [0, 0.1) is 0 Å². The molecule has 0 atom stereocenters. The lowest BCUT2D eigenvalue weighted by atomic mass is 10.0. The van der Waals surface area contributed by atoms with Crippen molar-refractivity contribution in [1.82, 2.24) is 0 Å². The summed E-state index contributed by atoms with van der Waals surface area (Å²) in [6.45, 7) is 5.18. The molecular weight excluding hydrogens is 572 g/mol. The van der Waals surface area contributed by atoms with Crippen LogP contribution in [0.4, 0.5) is 0 Å². The normalized spacial score (nSPS) is 10.8. The van der Waals surface area contributed by atoms with Gasteiger partial charge in [-0.1, -0.05) is 103 Å². The Bertz CT molecular complexity index is 1790. The van der Waals surface area contributed by atoms with Gasteiger partial charge in [0.1, 0.15) is 42.8 Å². The molecule has 1 N–H and O–H groups in total. The number of hydrogen-bond donors (Lipinski definition) is 1. The van der Waals surface area contributed by atoms with E-state index < -0.39 is 0 Å². The van der Waals surface area contributed by atoms with Gasteiger partial charge in [-0.25, -0.2) is 0 Å². The molecule has 0 saturated heterocycles. The van der Waals surface area contributed by atoms with Gasteiger partial charge < -0.3 is 19.3 Å². The summed E-state index contributed by atoms with van der Waals surface area (Å²) >= 11 is 0. The molecule has 5 rings (SSSR count). The molecule has 0 aliphatic carbocycles. The molecule has 0 heterocycles. The SMILES string of the molecule is CC(C)=CCc1cc(C(=O)/C=C/c2ccc(OCc3ccccc3)cc2OCc2ccccc2)c(O)cc1OCc1ccccc1. The number of carbonyl (C=O) groups excluding carboxylic acids is 1. The quantitative estimate of drug-likeness (QED) is 0.0771. The minimum absolute atomic E-state index is 0.135. The Balaban J connectivity index is 1.37. The zero-order valence-electron chi connectivity index (χ0n) is 26.2. The number of carbonyl (C=O) groups is 1. The van der Waals surface area contributed by atoms with Gasteiger partial charge in [0.15, 0.2) is 5.78 Å². The summed E-state index contributed by atoms with van der Waals surface area (Å²) in [4.78, 5) is 13.5. The smallest absolute Gasteiger partial charge is 0.189 e. The van der Waals surface area contributed by atoms with Crippen molar-refractivity contribution >= 4 is 11.9 Å². The molecule has 5 heteroatoms. The highest BCUT2D eigenvalue weighted by Gasteiger charge is 2.15. The second kappa shape index (κ2) is 16.0. The van der Waals surface area contributed by atoms with Crippen LogP contribution in [0.1, 0.15) is 52.0 Å². The molecular formula is C41H38O5. The maximum atomic E-state index is 13.5. The third-order valence-electron chi connectivity index (χ3n) is 7.30. The lowest BCUT2D eigenvalue weighted by molar-refractivity contribution is 0.104. The molecule has 0 fully saturated rings. The maximum Gasteiger partial charge on any atom is 0.189 e. The van der Waals surface area contributed by atoms with E-state index >= 15 is 0 Å². The van der Waals surface area contributed by atoms with Crippen molar-refractivity contribution in [3.63, 3.8) is 0 Å². The molecule has 0 bridgehead atoms. The van der Waals surface area contributed by atoms with Crippen LogP contribution in [0.5, 0.6) is 23.0 Å². The fraction of sp³-hybridized carbons (Fsp3) is 0.146. The lowest BCUT2D eigenvalue weighted by Gasteiger charge is -2.14. The Kier molecular flexibility index (Phi) is 11.1. The van der Waals surface area contributed by atoms with E-state index in [0.29, 0.717) is 49.1 Å². The first kappa shape index (κ1) is 31.9. The standard InChI is InChI=1S/C41H38O5/c1-30(2)18-19-35-24-37(39(43)26-41(35)46-29-33-16-10-5-11-17-33)38(42)23-21-34-20-22-36(44-27-31-12-6-3-7-13-31)25-40(34)45-28-32-14-8-4-9-15-32/h3-18,20-26,43H,19,27-29H2,1-2H3/b23-21+. The number of phenolic OH excluding ortho intramolecular Hbond substituents is 1. The van der Waals surface area contributed by atoms with Crippen molar-refractivity contribution < 1.29 is 24.1 Å². The number of ketones is 1. The van der Waals surface area contributed by atoms with Gasteiger partial charge in [-0.15, -0.1) is 0 Å². The third-order valence-corrected chi connectivity index (χ3v) is 7.30. The van der Waals surface area contributed by atoms with Crippen LogP contribution < -0.4 is 14.2 Å². The van der Waals surface area contributed by atoms with Crippen molar-refractivity contribution in [1.29, 1.82) is 0 Å². The first-order chi connectivity index (χ1) is 22.4. The number of allylic oxidation sites excluding steroid dienone is 3. The van der Waals surface area contributed by atoms with Crippen molar-refractivity contribution in [2.45, 2.75) is 40.1 Å². The average Bonchev–Trinajstić information content (AvgIpc) is 3.09. The zero-order chi connectivity index (χ0) is 32.1. The van der Waals surface area contributed by atoms with E-state index in [-0.39, 0.29) is 17.1 Å². The summed E-state index contributed by atoms with van der Waals surface area (Å²) < 4.78 is 18.3. The Morgan fingerprint density at radius 3 is 1.76 bits per heavy atom. The number of aromatic hydroxyl groups is 1. The van der Waals surface area contributed by atoms with Gasteiger partial charge in [-0.2, -0.15) is 0 Å². The third kappa shape index (κ3) is 9.23. The maximum absolute atomic E-state index is 13.5. The number of benzene rings is 5. The Hall–Kier alpha value is -5.55. The van der Waals surface area contributed by atoms with E-state index in [0.717, 1.165) is 27.8 Å². The van der Waals surface area contributed by atoms with Crippen LogP contribution in [0.2, 0.25) is 0 Å². The fourth-order valence-corrected chi connectivity index (χ4v) is 4.75. The average molecular weight is 611 g/mol. The van der Waals surface area contributed by atoms with Crippen molar-refractivity contribution in [2.24, 2.45) is 0 Å². The molecule has 46 heavy (non-hydrogen) atoms. The monoisotopic (exact) mass is 610 g/mol. The van der Waals surface area contributed by atoms with Gasteiger partial charge in [0.25, 0.3) is 0 Å². The highest BCUT2D eigenvalue weighted by Crippen LogP contribution is 2.32. The van der Waals surface area contributed by atoms with Crippen LogP contribution in [-0.4, -0.2) is 10.9 Å². The van der Waals surface area contributed by atoms with Crippen LogP contribution in [0.25, 0.3) is 6.08 Å². The first-order valence-corrected chi connectivity index (χ1v) is 15.3. The minimum Gasteiger partial charge on any atom is -0.507 e. The van der Waals surface area contributed by atoms with Gasteiger partial charge in [0.05, 0.1) is 5.56 Å². The Morgan fingerprint density at radius 2 is 1.20 bits per heavy atom. The number of rotatable bonds is 14. The number of ether oxygens (including phenoxy) is 3. The number of phenols is 1. The lowest BCUT2D eigenvalue weighted by Crippen LogP contribution is -2.03. The molecule has 5 nitrogen and oxygen atoms in total. The molecule has 232 valence electrons. The Labute approximate surface area is 271 Å². The van der Waals surface area contributed by atoms with Crippen LogP contribution in [-0.2, 0) is 26.2 Å². The van der Waals surface area contributed by atoms with Crippen molar-refractivity contribution in [2.75, 3.05) is 0 Å². The summed E-state index contributed by atoms with van der Waals surface area (Å²) in [7, 11) is 0.